The highest BCUT2D eigenvalue weighted by Crippen LogP contribution is 2.43. The van der Waals surface area contributed by atoms with Gasteiger partial charge in [-0.25, -0.2) is 8.42 Å². The van der Waals surface area contributed by atoms with Crippen molar-refractivity contribution in [3.05, 3.63) is 301 Å². The number of aromatic nitrogens is 2. The van der Waals surface area contributed by atoms with Crippen LogP contribution in [-0.2, 0) is 9.84 Å². The van der Waals surface area contributed by atoms with E-state index in [0.29, 0.717) is 32.0 Å². The van der Waals surface area contributed by atoms with Crippen LogP contribution in [0, 0.1) is 27.7 Å². The molecule has 0 spiro atoms. The van der Waals surface area contributed by atoms with Crippen LogP contribution in [0.2, 0.25) is 0 Å². The van der Waals surface area contributed by atoms with Gasteiger partial charge in [-0.05, 0) is 194 Å². The van der Waals surface area contributed by atoms with Gasteiger partial charge in [-0.2, -0.15) is 0 Å². The van der Waals surface area contributed by atoms with Crippen LogP contribution < -0.4 is 9.80 Å². The molecule has 0 bridgehead atoms. The number of aryl methyl sites for hydroxylation is 4. The molecule has 0 amide bonds. The molecular weight excluding hydrogens is 1030 g/mol. The number of sulfone groups is 1. The minimum Gasteiger partial charge on any atom is -0.310 e. The Bertz CT molecular complexity index is 4450. The molecule has 0 saturated heterocycles. The van der Waals surface area contributed by atoms with Crippen molar-refractivity contribution in [1.82, 2.24) is 9.13 Å². The zero-order valence-corrected chi connectivity index (χ0v) is 47.4. The largest absolute Gasteiger partial charge is 0.310 e. The Hall–Kier alpha value is -10.2. The molecule has 0 N–H and O–H groups in total. The highest BCUT2D eigenvalue weighted by atomic mass is 32.2. The molecule has 0 saturated carbocycles. The molecule has 0 aliphatic rings. The SMILES string of the molecule is Cc1cc(-c2ccc(-n3c4ccccc4c4cc(N(c5ccccc5)c5ccccc5)ccc43)cc2)cc(C)c1S(=O)(=O)c1c(C)cc(-c2ccc(-n3c4ccccc4c4cc(N(c5ccccc5)c5ccccc5)ccc43)cc2)cc1C. The molecular formula is C76H58N4O2S. The second-order valence-corrected chi connectivity index (χ2v) is 23.4. The summed E-state index contributed by atoms with van der Waals surface area (Å²) in [5.41, 5.74) is 19.9. The van der Waals surface area contributed by atoms with Gasteiger partial charge in [0.15, 0.2) is 0 Å². The smallest absolute Gasteiger partial charge is 0.207 e. The van der Waals surface area contributed by atoms with Crippen LogP contribution in [0.3, 0.4) is 0 Å². The van der Waals surface area contributed by atoms with Crippen LogP contribution in [0.1, 0.15) is 22.3 Å². The van der Waals surface area contributed by atoms with E-state index in [4.69, 9.17) is 0 Å². The molecule has 0 radical (unpaired) electrons. The highest BCUT2D eigenvalue weighted by molar-refractivity contribution is 7.91. The summed E-state index contributed by atoms with van der Waals surface area (Å²) in [5.74, 6) is 0. The quantitative estimate of drug-likeness (QED) is 0.122. The van der Waals surface area contributed by atoms with Crippen LogP contribution in [0.15, 0.2) is 289 Å². The first-order valence-corrected chi connectivity index (χ1v) is 29.6. The van der Waals surface area contributed by atoms with Crippen LogP contribution >= 0.6 is 0 Å². The van der Waals surface area contributed by atoms with E-state index in [1.165, 1.54) is 10.8 Å². The number of anilines is 6. The van der Waals surface area contributed by atoms with Crippen molar-refractivity contribution in [2.75, 3.05) is 9.80 Å². The summed E-state index contributed by atoms with van der Waals surface area (Å²) >= 11 is 0. The van der Waals surface area contributed by atoms with Gasteiger partial charge in [-0.1, -0.05) is 158 Å². The molecule has 14 aromatic rings. The monoisotopic (exact) mass is 1090 g/mol. The fraction of sp³-hybridized carbons (Fsp3) is 0.0526. The van der Waals surface area contributed by atoms with Gasteiger partial charge >= 0.3 is 0 Å². The first-order chi connectivity index (χ1) is 40.6. The summed E-state index contributed by atoms with van der Waals surface area (Å²) in [7, 11) is -3.91. The average molecular weight is 1090 g/mol. The van der Waals surface area contributed by atoms with Crippen molar-refractivity contribution in [3.8, 4) is 33.6 Å². The van der Waals surface area contributed by atoms with Gasteiger partial charge in [-0.15, -0.1) is 0 Å². The summed E-state index contributed by atoms with van der Waals surface area (Å²) in [6.45, 7) is 7.67. The summed E-state index contributed by atoms with van der Waals surface area (Å²) < 4.78 is 34.6. The number of para-hydroxylation sites is 6. The molecule has 0 aliphatic heterocycles. The molecule has 400 valence electrons. The second-order valence-electron chi connectivity index (χ2n) is 21.6. The predicted molar refractivity (Wildman–Crippen MR) is 346 cm³/mol. The minimum absolute atomic E-state index is 0.357. The third-order valence-electron chi connectivity index (χ3n) is 16.3. The summed E-state index contributed by atoms with van der Waals surface area (Å²) in [6, 6.07) is 98.0. The summed E-state index contributed by atoms with van der Waals surface area (Å²) in [6.07, 6.45) is 0. The van der Waals surface area contributed by atoms with Gasteiger partial charge in [0.25, 0.3) is 0 Å². The molecule has 2 aromatic heterocycles. The number of benzene rings is 12. The maximum Gasteiger partial charge on any atom is 0.207 e. The van der Waals surface area contributed by atoms with Gasteiger partial charge in [-0.3, -0.25) is 0 Å². The van der Waals surface area contributed by atoms with Gasteiger partial charge in [0.2, 0.25) is 9.84 Å². The van der Waals surface area contributed by atoms with Crippen molar-refractivity contribution in [2.24, 2.45) is 0 Å². The Labute approximate surface area is 484 Å². The molecule has 83 heavy (non-hydrogen) atoms. The van der Waals surface area contributed by atoms with Crippen LogP contribution in [0.5, 0.6) is 0 Å². The number of hydrogen-bond donors (Lipinski definition) is 0. The lowest BCUT2D eigenvalue weighted by atomic mass is 10.00. The standard InChI is InChI=1S/C76H58N4O2S/c1-51-45-57(55-33-37-63(38-34-55)79-71-31-19-17-29-67(71)69-49-65(41-43-73(69)79)77(59-21-9-5-10-22-59)60-23-11-6-12-24-60)46-52(2)75(51)83(81,82)76-53(3)47-58(48-54(76)4)56-35-39-64(40-36-56)80-72-32-20-18-30-68(72)70-50-66(42-44-74(70)80)78(61-25-13-7-14-26-61)62-27-15-8-16-28-62/h5-50H,1-4H3. The molecule has 6 nitrogen and oxygen atoms in total. The molecule has 0 atom stereocenters. The number of fused-ring (bicyclic) bond motifs is 6. The zero-order chi connectivity index (χ0) is 56.3. The van der Waals surface area contributed by atoms with E-state index < -0.39 is 9.84 Å². The summed E-state index contributed by atoms with van der Waals surface area (Å²) in [5, 5.41) is 4.68. The van der Waals surface area contributed by atoms with E-state index in [-0.39, 0.29) is 0 Å². The molecule has 14 rings (SSSR count). The van der Waals surface area contributed by atoms with Gasteiger partial charge in [0.1, 0.15) is 0 Å². The Morgan fingerprint density at radius 3 is 0.880 bits per heavy atom. The van der Waals surface area contributed by atoms with Crippen molar-refractivity contribution in [3.63, 3.8) is 0 Å². The molecule has 0 unspecified atom stereocenters. The Morgan fingerprint density at radius 2 is 0.554 bits per heavy atom. The first-order valence-electron chi connectivity index (χ1n) is 28.2. The van der Waals surface area contributed by atoms with E-state index in [1.54, 1.807) is 0 Å². The Kier molecular flexibility index (Phi) is 12.7. The average Bonchev–Trinajstić information content (AvgIpc) is 3.11. The van der Waals surface area contributed by atoms with Crippen molar-refractivity contribution in [2.45, 2.75) is 37.5 Å². The lowest BCUT2D eigenvalue weighted by Gasteiger charge is -2.25. The van der Waals surface area contributed by atoms with E-state index in [2.05, 4.69) is 249 Å². The van der Waals surface area contributed by atoms with E-state index in [1.807, 2.05) is 76.2 Å². The lowest BCUT2D eigenvalue weighted by Crippen LogP contribution is -2.10. The van der Waals surface area contributed by atoms with Gasteiger partial charge < -0.3 is 18.9 Å². The van der Waals surface area contributed by atoms with Crippen molar-refractivity contribution < 1.29 is 8.42 Å². The maximum absolute atomic E-state index is 15.0. The lowest BCUT2D eigenvalue weighted by molar-refractivity contribution is 0.593. The fourth-order valence-corrected chi connectivity index (χ4v) is 14.9. The van der Waals surface area contributed by atoms with E-state index >= 15 is 0 Å². The Balaban J connectivity index is 0.744. The number of hydrogen-bond acceptors (Lipinski definition) is 4. The zero-order valence-electron chi connectivity index (χ0n) is 46.6. The molecule has 0 aliphatic carbocycles. The highest BCUT2D eigenvalue weighted by Gasteiger charge is 2.28. The second kappa shape index (κ2) is 20.7. The third kappa shape index (κ3) is 8.94. The molecule has 2 heterocycles. The number of nitrogens with zero attached hydrogens (tertiary/aromatic N) is 4. The van der Waals surface area contributed by atoms with Crippen LogP contribution in [0.25, 0.3) is 77.2 Å². The van der Waals surface area contributed by atoms with E-state index in [9.17, 15) is 8.42 Å². The fourth-order valence-electron chi connectivity index (χ4n) is 12.7. The Morgan fingerprint density at radius 1 is 0.265 bits per heavy atom. The van der Waals surface area contributed by atoms with Crippen LogP contribution in [0.4, 0.5) is 34.1 Å². The minimum atomic E-state index is -3.91. The molecule has 7 heteroatoms. The first kappa shape index (κ1) is 51.0. The van der Waals surface area contributed by atoms with Crippen molar-refractivity contribution >= 4 is 87.6 Å². The topological polar surface area (TPSA) is 50.5 Å². The predicted octanol–water partition coefficient (Wildman–Crippen LogP) is 20.2. The van der Waals surface area contributed by atoms with E-state index in [0.717, 1.165) is 101 Å². The van der Waals surface area contributed by atoms with Gasteiger partial charge in [0.05, 0.1) is 31.9 Å². The summed E-state index contributed by atoms with van der Waals surface area (Å²) in [4.78, 5) is 5.31. The molecule has 0 fully saturated rings. The van der Waals surface area contributed by atoms with Gasteiger partial charge in [0, 0.05) is 67.0 Å². The normalized spacial score (nSPS) is 11.7. The molecule has 12 aromatic carbocycles. The van der Waals surface area contributed by atoms with Crippen molar-refractivity contribution in [1.29, 1.82) is 0 Å². The maximum atomic E-state index is 15.0. The third-order valence-corrected chi connectivity index (χ3v) is 18.6. The van der Waals surface area contributed by atoms with Crippen LogP contribution in [-0.4, -0.2) is 17.6 Å². The number of rotatable bonds is 12.